The Bertz CT molecular complexity index is 774. The van der Waals surface area contributed by atoms with E-state index in [4.69, 9.17) is 5.73 Å². The fourth-order valence-electron chi connectivity index (χ4n) is 2.17. The zero-order valence-electron chi connectivity index (χ0n) is 12.3. The second-order valence-corrected chi connectivity index (χ2v) is 5.90. The Labute approximate surface area is 138 Å². The Kier molecular flexibility index (Phi) is 4.75. The van der Waals surface area contributed by atoms with Gasteiger partial charge in [-0.15, -0.1) is 11.3 Å². The number of nitrogens with two attached hydrogens (primary N) is 1. The highest BCUT2D eigenvalue weighted by Crippen LogP contribution is 2.24. The molecule has 0 saturated heterocycles. The van der Waals surface area contributed by atoms with Crippen LogP contribution in [0.25, 0.3) is 11.3 Å². The molecule has 1 unspecified atom stereocenters. The van der Waals surface area contributed by atoms with Crippen molar-refractivity contribution in [2.24, 2.45) is 5.73 Å². The third-order valence-corrected chi connectivity index (χ3v) is 4.12. The monoisotopic (exact) mass is 324 g/mol. The molecule has 0 saturated carbocycles. The topological polar surface area (TPSA) is 80.9 Å². The lowest BCUT2D eigenvalue weighted by molar-refractivity contribution is -0.116. The molecule has 2 aromatic heterocycles. The van der Waals surface area contributed by atoms with Gasteiger partial charge in [-0.3, -0.25) is 9.78 Å². The first-order chi connectivity index (χ1) is 11.2. The minimum Gasteiger partial charge on any atom is -0.324 e. The molecule has 1 amide bonds. The molecule has 3 N–H and O–H groups in total. The second kappa shape index (κ2) is 7.13. The number of hydrogen-bond donors (Lipinski definition) is 2. The highest BCUT2D eigenvalue weighted by atomic mass is 32.1. The van der Waals surface area contributed by atoms with Crippen LogP contribution in [-0.2, 0) is 4.79 Å². The molecule has 1 aromatic carbocycles. The summed E-state index contributed by atoms with van der Waals surface area (Å²) in [7, 11) is 0. The maximum atomic E-state index is 12.1. The third kappa shape index (κ3) is 4.00. The highest BCUT2D eigenvalue weighted by Gasteiger charge is 2.13. The van der Waals surface area contributed by atoms with Crippen molar-refractivity contribution in [3.05, 3.63) is 65.8 Å². The Balaban J connectivity index is 1.61. The van der Waals surface area contributed by atoms with Gasteiger partial charge in [0.15, 0.2) is 5.13 Å². The van der Waals surface area contributed by atoms with Crippen molar-refractivity contribution in [2.45, 2.75) is 12.5 Å². The van der Waals surface area contributed by atoms with Crippen LogP contribution in [0.1, 0.15) is 18.0 Å². The molecule has 0 aliphatic rings. The van der Waals surface area contributed by atoms with E-state index in [0.29, 0.717) is 5.13 Å². The maximum Gasteiger partial charge on any atom is 0.228 e. The number of nitrogens with one attached hydrogen (secondary N) is 1. The standard InChI is InChI=1S/C17H16N4OS/c18-14(12-4-2-1-3-5-12)10-16(22)21-17-20-15(11-23-17)13-6-8-19-9-7-13/h1-9,11,14H,10,18H2,(H,20,21,22). The molecule has 0 aliphatic carbocycles. The number of amides is 1. The first-order valence-corrected chi connectivity index (χ1v) is 8.06. The number of benzene rings is 1. The number of anilines is 1. The predicted octanol–water partition coefficient (Wildman–Crippen LogP) is 3.23. The van der Waals surface area contributed by atoms with Gasteiger partial charge < -0.3 is 11.1 Å². The molecule has 2 heterocycles. The molecular weight excluding hydrogens is 308 g/mol. The van der Waals surface area contributed by atoms with Crippen molar-refractivity contribution >= 4 is 22.4 Å². The van der Waals surface area contributed by atoms with Gasteiger partial charge in [0.25, 0.3) is 0 Å². The minimum absolute atomic E-state index is 0.142. The van der Waals surface area contributed by atoms with E-state index in [9.17, 15) is 4.79 Å². The summed E-state index contributed by atoms with van der Waals surface area (Å²) in [6.45, 7) is 0. The molecule has 0 fully saturated rings. The fourth-order valence-corrected chi connectivity index (χ4v) is 2.91. The molecule has 0 spiro atoms. The van der Waals surface area contributed by atoms with Crippen LogP contribution in [-0.4, -0.2) is 15.9 Å². The van der Waals surface area contributed by atoms with Crippen LogP contribution in [0.2, 0.25) is 0 Å². The smallest absolute Gasteiger partial charge is 0.228 e. The van der Waals surface area contributed by atoms with Gasteiger partial charge in [-0.05, 0) is 17.7 Å². The van der Waals surface area contributed by atoms with Crippen LogP contribution in [0.5, 0.6) is 0 Å². The van der Waals surface area contributed by atoms with Crippen molar-refractivity contribution in [1.29, 1.82) is 0 Å². The van der Waals surface area contributed by atoms with Crippen molar-refractivity contribution in [1.82, 2.24) is 9.97 Å². The van der Waals surface area contributed by atoms with Crippen molar-refractivity contribution in [2.75, 3.05) is 5.32 Å². The number of nitrogens with zero attached hydrogens (tertiary/aromatic N) is 2. The van der Waals surface area contributed by atoms with Crippen LogP contribution in [0.15, 0.2) is 60.2 Å². The molecule has 0 bridgehead atoms. The van der Waals surface area contributed by atoms with Crippen LogP contribution in [0.3, 0.4) is 0 Å². The summed E-state index contributed by atoms with van der Waals surface area (Å²) in [5.41, 5.74) is 8.79. The van der Waals surface area contributed by atoms with Gasteiger partial charge in [-0.25, -0.2) is 4.98 Å². The number of aromatic nitrogens is 2. The molecular formula is C17H16N4OS. The van der Waals surface area contributed by atoms with E-state index in [0.717, 1.165) is 16.8 Å². The molecule has 6 heteroatoms. The molecule has 3 rings (SSSR count). The highest BCUT2D eigenvalue weighted by molar-refractivity contribution is 7.14. The van der Waals surface area contributed by atoms with Gasteiger partial charge in [0.2, 0.25) is 5.91 Å². The first kappa shape index (κ1) is 15.3. The number of carbonyl (C=O) groups is 1. The van der Waals surface area contributed by atoms with E-state index >= 15 is 0 Å². The lowest BCUT2D eigenvalue weighted by atomic mass is 10.0. The predicted molar refractivity (Wildman–Crippen MR) is 92.0 cm³/mol. The SMILES string of the molecule is NC(CC(=O)Nc1nc(-c2ccncc2)cs1)c1ccccc1. The van der Waals surface area contributed by atoms with Crippen molar-refractivity contribution in [3.8, 4) is 11.3 Å². The summed E-state index contributed by atoms with van der Waals surface area (Å²) in [4.78, 5) is 20.5. The van der Waals surface area contributed by atoms with E-state index in [-0.39, 0.29) is 18.4 Å². The second-order valence-electron chi connectivity index (χ2n) is 5.04. The lowest BCUT2D eigenvalue weighted by Crippen LogP contribution is -2.20. The van der Waals surface area contributed by atoms with E-state index in [1.807, 2.05) is 47.8 Å². The Hall–Kier alpha value is -2.57. The van der Waals surface area contributed by atoms with Gasteiger partial charge >= 0.3 is 0 Å². The number of carbonyl (C=O) groups excluding carboxylic acids is 1. The number of rotatable bonds is 5. The van der Waals surface area contributed by atoms with Crippen LogP contribution in [0, 0.1) is 0 Å². The van der Waals surface area contributed by atoms with E-state index in [1.165, 1.54) is 11.3 Å². The van der Waals surface area contributed by atoms with Gasteiger partial charge in [0.05, 0.1) is 5.69 Å². The molecule has 5 nitrogen and oxygen atoms in total. The van der Waals surface area contributed by atoms with Gasteiger partial charge in [-0.2, -0.15) is 0 Å². The summed E-state index contributed by atoms with van der Waals surface area (Å²) < 4.78 is 0. The van der Waals surface area contributed by atoms with E-state index in [2.05, 4.69) is 15.3 Å². The van der Waals surface area contributed by atoms with Crippen molar-refractivity contribution in [3.63, 3.8) is 0 Å². The summed E-state index contributed by atoms with van der Waals surface area (Å²) in [5, 5.41) is 5.28. The summed E-state index contributed by atoms with van der Waals surface area (Å²) in [6.07, 6.45) is 3.64. The van der Waals surface area contributed by atoms with Gasteiger partial charge in [0.1, 0.15) is 0 Å². The number of hydrogen-bond acceptors (Lipinski definition) is 5. The normalized spacial score (nSPS) is 11.9. The lowest BCUT2D eigenvalue weighted by Gasteiger charge is -2.10. The van der Waals surface area contributed by atoms with Crippen LogP contribution >= 0.6 is 11.3 Å². The molecule has 1 atom stereocenters. The quantitative estimate of drug-likeness (QED) is 0.755. The van der Waals surface area contributed by atoms with Gasteiger partial charge in [-0.1, -0.05) is 30.3 Å². The fraction of sp³-hybridized carbons (Fsp3) is 0.118. The molecule has 0 radical (unpaired) electrons. The molecule has 23 heavy (non-hydrogen) atoms. The minimum atomic E-state index is -0.323. The third-order valence-electron chi connectivity index (χ3n) is 3.36. The zero-order chi connectivity index (χ0) is 16.1. The maximum absolute atomic E-state index is 12.1. The zero-order valence-corrected chi connectivity index (χ0v) is 13.2. The average Bonchev–Trinajstić information content (AvgIpc) is 3.04. The van der Waals surface area contributed by atoms with Crippen molar-refractivity contribution < 1.29 is 4.79 Å². The summed E-state index contributed by atoms with van der Waals surface area (Å²) in [6, 6.07) is 13.0. The summed E-state index contributed by atoms with van der Waals surface area (Å²) >= 11 is 1.39. The molecule has 3 aromatic rings. The van der Waals surface area contributed by atoms with Crippen LogP contribution in [0.4, 0.5) is 5.13 Å². The first-order valence-electron chi connectivity index (χ1n) is 7.18. The van der Waals surface area contributed by atoms with E-state index in [1.54, 1.807) is 12.4 Å². The molecule has 0 aliphatic heterocycles. The summed E-state index contributed by atoms with van der Waals surface area (Å²) in [5.74, 6) is -0.142. The number of pyridine rings is 1. The van der Waals surface area contributed by atoms with Crippen LogP contribution < -0.4 is 11.1 Å². The Morgan fingerprint density at radius 1 is 1.17 bits per heavy atom. The Morgan fingerprint density at radius 2 is 1.91 bits per heavy atom. The molecule has 116 valence electrons. The average molecular weight is 324 g/mol. The van der Waals surface area contributed by atoms with Gasteiger partial charge in [0, 0.05) is 35.8 Å². The Morgan fingerprint density at radius 3 is 2.65 bits per heavy atom. The number of thiazole rings is 1. The largest absolute Gasteiger partial charge is 0.324 e. The van der Waals surface area contributed by atoms with E-state index < -0.39 is 0 Å².